The van der Waals surface area contributed by atoms with Crippen LogP contribution in [0.25, 0.3) is 0 Å². The zero-order valence-electron chi connectivity index (χ0n) is 13.1. The molecule has 5 nitrogen and oxygen atoms in total. The van der Waals surface area contributed by atoms with Crippen LogP contribution in [0.2, 0.25) is 0 Å². The molecule has 0 atom stereocenters. The molecule has 0 spiro atoms. The van der Waals surface area contributed by atoms with Gasteiger partial charge in [0.15, 0.2) is 0 Å². The highest BCUT2D eigenvalue weighted by Crippen LogP contribution is 2.40. The zero-order valence-corrected chi connectivity index (χ0v) is 13.1. The molecule has 2 aromatic rings. The van der Waals surface area contributed by atoms with Gasteiger partial charge in [-0.3, -0.25) is 9.48 Å². The number of carbonyl (C=O) groups is 1. The first-order valence-corrected chi connectivity index (χ1v) is 7.77. The molecule has 1 aromatic carbocycles. The van der Waals surface area contributed by atoms with Gasteiger partial charge in [0.2, 0.25) is 0 Å². The molecule has 1 aliphatic carbocycles. The van der Waals surface area contributed by atoms with Crippen molar-refractivity contribution in [1.29, 1.82) is 0 Å². The normalized spacial score (nSPS) is 18.0. The maximum Gasteiger partial charge on any atom is 0.290 e. The second kappa shape index (κ2) is 5.65. The van der Waals surface area contributed by atoms with Crippen LogP contribution >= 0.6 is 0 Å². The average molecular weight is 349 g/mol. The van der Waals surface area contributed by atoms with E-state index in [1.165, 1.54) is 23.1 Å². The highest BCUT2D eigenvalue weighted by atomic mass is 19.3. The van der Waals surface area contributed by atoms with Gasteiger partial charge in [-0.05, 0) is 24.3 Å². The van der Waals surface area contributed by atoms with Crippen LogP contribution in [0.1, 0.15) is 16.2 Å². The summed E-state index contributed by atoms with van der Waals surface area (Å²) >= 11 is 0. The summed E-state index contributed by atoms with van der Waals surface area (Å²) in [4.78, 5) is 13.8. The molecule has 25 heavy (non-hydrogen) atoms. The van der Waals surface area contributed by atoms with Gasteiger partial charge < -0.3 is 9.64 Å². The number of halogens is 3. The Labute approximate surface area is 141 Å². The molecule has 4 rings (SSSR count). The maximum atomic E-state index is 13.1. The largest absolute Gasteiger partial charge is 0.487 e. The standard InChI is InChI=1S/C17H14F3N3O2/c18-12-2-1-3-14(6-12)25-10-13-7-15-16(24)22(4-5-23(15)21-13)9-11-8-17(11,19)20/h1-3,6-8H,4-5,9-10H2. The second-order valence-electron chi connectivity index (χ2n) is 6.01. The molecule has 0 radical (unpaired) electrons. The molecular weight excluding hydrogens is 335 g/mol. The quantitative estimate of drug-likeness (QED) is 0.780. The van der Waals surface area contributed by atoms with E-state index in [1.807, 2.05) is 0 Å². The third-order valence-electron chi connectivity index (χ3n) is 4.16. The molecule has 0 saturated heterocycles. The maximum absolute atomic E-state index is 13.1. The number of fused-ring (bicyclic) bond motifs is 1. The summed E-state index contributed by atoms with van der Waals surface area (Å²) in [7, 11) is 0. The van der Waals surface area contributed by atoms with Gasteiger partial charge in [0.05, 0.1) is 6.54 Å². The Bertz CT molecular complexity index is 876. The van der Waals surface area contributed by atoms with E-state index in [-0.39, 0.29) is 24.6 Å². The molecule has 0 unspecified atom stereocenters. The number of aromatic nitrogens is 2. The summed E-state index contributed by atoms with van der Waals surface area (Å²) in [5.41, 5.74) is 0.836. The Balaban J connectivity index is 1.43. The number of rotatable bonds is 5. The third-order valence-corrected chi connectivity index (χ3v) is 4.16. The first kappa shape index (κ1) is 15.7. The van der Waals surface area contributed by atoms with Gasteiger partial charge in [0.1, 0.15) is 29.6 Å². The van der Waals surface area contributed by atoms with Crippen LogP contribution in [0.15, 0.2) is 42.0 Å². The van der Waals surface area contributed by atoms with Gasteiger partial charge in [0, 0.05) is 24.7 Å². The van der Waals surface area contributed by atoms with Gasteiger partial charge in [-0.1, -0.05) is 6.07 Å². The molecule has 130 valence electrons. The van der Waals surface area contributed by atoms with Crippen molar-refractivity contribution < 1.29 is 22.7 Å². The molecule has 0 saturated carbocycles. The molecule has 2 aliphatic rings. The van der Waals surface area contributed by atoms with E-state index in [2.05, 4.69) is 5.10 Å². The second-order valence-corrected chi connectivity index (χ2v) is 6.01. The smallest absolute Gasteiger partial charge is 0.290 e. The number of allylic oxidation sites excluding steroid dienone is 1. The molecule has 1 aliphatic heterocycles. The van der Waals surface area contributed by atoms with E-state index in [4.69, 9.17) is 4.74 Å². The monoisotopic (exact) mass is 349 g/mol. The highest BCUT2D eigenvalue weighted by Gasteiger charge is 2.46. The SMILES string of the molecule is O=C1c2cc(COc3cccc(F)c3)nn2CCN1CC1=CC1(F)F. The summed E-state index contributed by atoms with van der Waals surface area (Å²) in [6, 6.07) is 7.30. The summed E-state index contributed by atoms with van der Waals surface area (Å²) in [5.74, 6) is -3.22. The lowest BCUT2D eigenvalue weighted by molar-refractivity contribution is 0.0695. The Morgan fingerprint density at radius 1 is 1.24 bits per heavy atom. The summed E-state index contributed by atoms with van der Waals surface area (Å²) in [6.45, 7) is 0.775. The van der Waals surface area contributed by atoms with Gasteiger partial charge in [0.25, 0.3) is 11.8 Å². The first-order chi connectivity index (χ1) is 11.9. The van der Waals surface area contributed by atoms with Crippen molar-refractivity contribution in [3.05, 3.63) is 59.2 Å². The number of nitrogens with zero attached hydrogens (tertiary/aromatic N) is 3. The van der Waals surface area contributed by atoms with Crippen molar-refractivity contribution in [3.63, 3.8) is 0 Å². The van der Waals surface area contributed by atoms with Crippen LogP contribution in [-0.2, 0) is 13.2 Å². The van der Waals surface area contributed by atoms with Crippen LogP contribution in [0.5, 0.6) is 5.75 Å². The third kappa shape index (κ3) is 3.11. The van der Waals surface area contributed by atoms with E-state index in [0.29, 0.717) is 30.2 Å². The summed E-state index contributed by atoms with van der Waals surface area (Å²) in [5, 5.41) is 4.28. The molecule has 1 amide bonds. The molecule has 2 heterocycles. The van der Waals surface area contributed by atoms with E-state index in [1.54, 1.807) is 16.8 Å². The highest BCUT2D eigenvalue weighted by molar-refractivity contribution is 5.93. The minimum absolute atomic E-state index is 0.0246. The predicted octanol–water partition coefficient (Wildman–Crippen LogP) is 2.63. The topological polar surface area (TPSA) is 47.4 Å². The first-order valence-electron chi connectivity index (χ1n) is 7.77. The summed E-state index contributed by atoms with van der Waals surface area (Å²) < 4.78 is 46.1. The molecule has 1 aromatic heterocycles. The molecule has 0 fully saturated rings. The van der Waals surface area contributed by atoms with Crippen molar-refractivity contribution in [3.8, 4) is 5.75 Å². The van der Waals surface area contributed by atoms with Gasteiger partial charge in [-0.15, -0.1) is 0 Å². The van der Waals surface area contributed by atoms with Crippen molar-refractivity contribution in [1.82, 2.24) is 14.7 Å². The van der Waals surface area contributed by atoms with Crippen LogP contribution in [0, 0.1) is 5.82 Å². The summed E-state index contributed by atoms with van der Waals surface area (Å²) in [6.07, 6.45) is 0.866. The van der Waals surface area contributed by atoms with Crippen LogP contribution in [0.4, 0.5) is 13.2 Å². The fourth-order valence-corrected chi connectivity index (χ4v) is 2.77. The van der Waals surface area contributed by atoms with Crippen molar-refractivity contribution in [2.24, 2.45) is 0 Å². The number of benzene rings is 1. The van der Waals surface area contributed by atoms with E-state index in [9.17, 15) is 18.0 Å². The van der Waals surface area contributed by atoms with Gasteiger partial charge in [-0.25, -0.2) is 4.39 Å². The average Bonchev–Trinajstić information content (AvgIpc) is 2.98. The molecular formula is C17H14F3N3O2. The zero-order chi connectivity index (χ0) is 17.6. The molecule has 8 heteroatoms. The van der Waals surface area contributed by atoms with Crippen molar-refractivity contribution >= 4 is 5.91 Å². The minimum Gasteiger partial charge on any atom is -0.487 e. The number of hydrogen-bond acceptors (Lipinski definition) is 3. The minimum atomic E-state index is -2.85. The molecule has 0 bridgehead atoms. The number of carbonyl (C=O) groups excluding carboxylic acids is 1. The van der Waals surface area contributed by atoms with Crippen molar-refractivity contribution in [2.45, 2.75) is 19.1 Å². The Morgan fingerprint density at radius 2 is 2.04 bits per heavy atom. The van der Waals surface area contributed by atoms with Crippen LogP contribution < -0.4 is 4.74 Å². The number of alkyl halides is 2. The van der Waals surface area contributed by atoms with Crippen molar-refractivity contribution in [2.75, 3.05) is 13.1 Å². The van der Waals surface area contributed by atoms with Gasteiger partial charge in [-0.2, -0.15) is 13.9 Å². The fourth-order valence-electron chi connectivity index (χ4n) is 2.77. The Morgan fingerprint density at radius 3 is 2.76 bits per heavy atom. The Hall–Kier alpha value is -2.77. The lowest BCUT2D eigenvalue weighted by atomic mass is 10.2. The van der Waals surface area contributed by atoms with Crippen LogP contribution in [0.3, 0.4) is 0 Å². The fraction of sp³-hybridized carbons (Fsp3) is 0.294. The van der Waals surface area contributed by atoms with E-state index < -0.39 is 11.7 Å². The number of ether oxygens (including phenoxy) is 1. The predicted molar refractivity (Wildman–Crippen MR) is 81.9 cm³/mol. The number of amides is 1. The molecule has 0 N–H and O–H groups in total. The van der Waals surface area contributed by atoms with Crippen LogP contribution in [-0.4, -0.2) is 39.6 Å². The van der Waals surface area contributed by atoms with E-state index in [0.717, 1.165) is 6.08 Å². The van der Waals surface area contributed by atoms with E-state index >= 15 is 0 Å². The Kier molecular flexibility index (Phi) is 3.55. The lowest BCUT2D eigenvalue weighted by Crippen LogP contribution is -2.41. The lowest BCUT2D eigenvalue weighted by Gasteiger charge is -2.26. The number of hydrogen-bond donors (Lipinski definition) is 0. The van der Waals surface area contributed by atoms with Gasteiger partial charge >= 0.3 is 0 Å².